The summed E-state index contributed by atoms with van der Waals surface area (Å²) in [5.74, 6) is 1.68. The van der Waals surface area contributed by atoms with Gasteiger partial charge in [-0.1, -0.05) is 18.2 Å². The van der Waals surface area contributed by atoms with Crippen molar-refractivity contribution in [2.24, 2.45) is 0 Å². The summed E-state index contributed by atoms with van der Waals surface area (Å²) in [5, 5.41) is 13.0. The fraction of sp³-hybridized carbons (Fsp3) is 0.125. The van der Waals surface area contributed by atoms with E-state index < -0.39 is 0 Å². The van der Waals surface area contributed by atoms with Crippen LogP contribution in [0.2, 0.25) is 0 Å². The van der Waals surface area contributed by atoms with Gasteiger partial charge in [-0.2, -0.15) is 10.2 Å². The van der Waals surface area contributed by atoms with Gasteiger partial charge < -0.3 is 14.5 Å². The zero-order valence-corrected chi connectivity index (χ0v) is 11.5. The first-order chi connectivity index (χ1) is 10.3. The molecular formula is C16H13N3O2. The van der Waals surface area contributed by atoms with Crippen LogP contribution in [-0.2, 0) is 0 Å². The van der Waals surface area contributed by atoms with Gasteiger partial charge >= 0.3 is 0 Å². The molecule has 0 saturated carbocycles. The maximum Gasteiger partial charge on any atom is 0.247 e. The Bertz CT molecular complexity index is 818. The third-order valence-corrected chi connectivity index (χ3v) is 2.94. The van der Waals surface area contributed by atoms with E-state index in [0.717, 1.165) is 17.7 Å². The van der Waals surface area contributed by atoms with Gasteiger partial charge in [-0.25, -0.2) is 0 Å². The molecule has 2 aromatic heterocycles. The van der Waals surface area contributed by atoms with Crippen LogP contribution in [0.25, 0.3) is 11.0 Å². The van der Waals surface area contributed by atoms with Crippen molar-refractivity contribution >= 4 is 16.8 Å². The predicted octanol–water partition coefficient (Wildman–Crippen LogP) is 3.92. The number of nitriles is 1. The van der Waals surface area contributed by atoms with Crippen molar-refractivity contribution in [2.45, 2.75) is 6.92 Å². The van der Waals surface area contributed by atoms with Crippen LogP contribution in [0.15, 0.2) is 46.9 Å². The van der Waals surface area contributed by atoms with Crippen LogP contribution in [-0.4, -0.2) is 11.5 Å². The molecule has 0 amide bonds. The number of fused-ring (bicyclic) bond motifs is 1. The number of rotatable bonds is 4. The Morgan fingerprint density at radius 2 is 2.10 bits per heavy atom. The molecular weight excluding hydrogens is 266 g/mol. The van der Waals surface area contributed by atoms with Gasteiger partial charge in [0, 0.05) is 12.6 Å². The highest BCUT2D eigenvalue weighted by molar-refractivity contribution is 5.86. The monoisotopic (exact) mass is 279 g/mol. The summed E-state index contributed by atoms with van der Waals surface area (Å²) in [6, 6.07) is 14.8. The average molecular weight is 279 g/mol. The SMILES string of the molecule is CCNc1cccc(Oc2c(C#N)oc3ccccc23)n1. The van der Waals surface area contributed by atoms with Gasteiger partial charge in [-0.15, -0.1) is 0 Å². The predicted molar refractivity (Wildman–Crippen MR) is 79.4 cm³/mol. The summed E-state index contributed by atoms with van der Waals surface area (Å²) >= 11 is 0. The second-order valence-corrected chi connectivity index (χ2v) is 4.36. The van der Waals surface area contributed by atoms with Gasteiger partial charge in [-0.3, -0.25) is 0 Å². The van der Waals surface area contributed by atoms with Crippen molar-refractivity contribution in [3.63, 3.8) is 0 Å². The van der Waals surface area contributed by atoms with E-state index >= 15 is 0 Å². The topological polar surface area (TPSA) is 71.1 Å². The third-order valence-electron chi connectivity index (χ3n) is 2.94. The molecule has 21 heavy (non-hydrogen) atoms. The molecule has 0 atom stereocenters. The molecule has 3 rings (SSSR count). The van der Waals surface area contributed by atoms with Crippen molar-refractivity contribution in [1.82, 2.24) is 4.98 Å². The number of anilines is 1. The average Bonchev–Trinajstić information content (AvgIpc) is 2.86. The van der Waals surface area contributed by atoms with E-state index in [9.17, 15) is 5.26 Å². The minimum atomic E-state index is 0.145. The Morgan fingerprint density at radius 1 is 1.24 bits per heavy atom. The largest absolute Gasteiger partial charge is 0.442 e. The van der Waals surface area contributed by atoms with Crippen molar-refractivity contribution in [2.75, 3.05) is 11.9 Å². The van der Waals surface area contributed by atoms with Gasteiger partial charge in [0.2, 0.25) is 11.6 Å². The van der Waals surface area contributed by atoms with Crippen LogP contribution >= 0.6 is 0 Å². The summed E-state index contributed by atoms with van der Waals surface area (Å²) in [7, 11) is 0. The number of benzene rings is 1. The van der Waals surface area contributed by atoms with Gasteiger partial charge in [0.25, 0.3) is 0 Å². The molecule has 0 bridgehead atoms. The molecule has 1 aromatic carbocycles. The molecule has 104 valence electrons. The van der Waals surface area contributed by atoms with E-state index in [0.29, 0.717) is 17.2 Å². The van der Waals surface area contributed by atoms with Gasteiger partial charge in [0.15, 0.2) is 5.75 Å². The molecule has 0 aliphatic carbocycles. The Labute approximate surface area is 121 Å². The number of hydrogen-bond donors (Lipinski definition) is 1. The van der Waals surface area contributed by atoms with Crippen molar-refractivity contribution < 1.29 is 9.15 Å². The molecule has 3 aromatic rings. The Morgan fingerprint density at radius 3 is 2.90 bits per heavy atom. The smallest absolute Gasteiger partial charge is 0.247 e. The molecule has 1 N–H and O–H groups in total. The summed E-state index contributed by atoms with van der Waals surface area (Å²) in [5.41, 5.74) is 0.617. The lowest BCUT2D eigenvalue weighted by molar-refractivity contribution is 0.451. The van der Waals surface area contributed by atoms with E-state index in [4.69, 9.17) is 9.15 Å². The van der Waals surface area contributed by atoms with Crippen LogP contribution in [0.4, 0.5) is 5.82 Å². The van der Waals surface area contributed by atoms with E-state index in [1.807, 2.05) is 43.3 Å². The first-order valence-corrected chi connectivity index (χ1v) is 6.62. The standard InChI is InChI=1S/C16H13N3O2/c1-2-18-14-8-5-9-15(19-14)21-16-11-6-3-4-7-12(11)20-13(16)10-17/h3-9H,2H2,1H3,(H,18,19). The first-order valence-electron chi connectivity index (χ1n) is 6.62. The molecule has 0 fully saturated rings. The van der Waals surface area contributed by atoms with Gasteiger partial charge in [0.05, 0.1) is 5.39 Å². The molecule has 5 nitrogen and oxygen atoms in total. The van der Waals surface area contributed by atoms with Crippen LogP contribution in [0, 0.1) is 11.3 Å². The second-order valence-electron chi connectivity index (χ2n) is 4.36. The van der Waals surface area contributed by atoms with E-state index in [-0.39, 0.29) is 5.76 Å². The first kappa shape index (κ1) is 13.0. The minimum Gasteiger partial charge on any atom is -0.442 e. The zero-order chi connectivity index (χ0) is 14.7. The van der Waals surface area contributed by atoms with Crippen LogP contribution in [0.1, 0.15) is 12.7 Å². The maximum atomic E-state index is 9.18. The van der Waals surface area contributed by atoms with Crippen LogP contribution in [0.5, 0.6) is 11.6 Å². The van der Waals surface area contributed by atoms with Gasteiger partial charge in [-0.05, 0) is 25.1 Å². The lowest BCUT2D eigenvalue weighted by Gasteiger charge is -2.06. The molecule has 2 heterocycles. The second kappa shape index (κ2) is 5.55. The lowest BCUT2D eigenvalue weighted by Crippen LogP contribution is -1.99. The van der Waals surface area contributed by atoms with E-state index in [2.05, 4.69) is 10.3 Å². The third kappa shape index (κ3) is 2.51. The molecule has 0 radical (unpaired) electrons. The van der Waals surface area contributed by atoms with Crippen molar-refractivity contribution in [3.8, 4) is 17.7 Å². The maximum absolute atomic E-state index is 9.18. The fourth-order valence-corrected chi connectivity index (χ4v) is 2.05. The number of para-hydroxylation sites is 1. The molecule has 0 unspecified atom stereocenters. The molecule has 5 heteroatoms. The summed E-state index contributed by atoms with van der Waals surface area (Å²) in [6.45, 7) is 2.77. The Kier molecular flexibility index (Phi) is 3.44. The molecule has 0 saturated heterocycles. The number of hydrogen-bond acceptors (Lipinski definition) is 5. The molecule has 0 aliphatic heterocycles. The Hall–Kier alpha value is -3.00. The summed E-state index contributed by atoms with van der Waals surface area (Å²) < 4.78 is 11.2. The van der Waals surface area contributed by atoms with Crippen LogP contribution < -0.4 is 10.1 Å². The quantitative estimate of drug-likeness (QED) is 0.783. The number of furan rings is 1. The Balaban J connectivity index is 2.01. The number of ether oxygens (including phenoxy) is 1. The van der Waals surface area contributed by atoms with Crippen molar-refractivity contribution in [1.29, 1.82) is 5.26 Å². The highest BCUT2D eigenvalue weighted by Crippen LogP contribution is 2.35. The highest BCUT2D eigenvalue weighted by atomic mass is 16.5. The summed E-state index contributed by atoms with van der Waals surface area (Å²) in [6.07, 6.45) is 0. The van der Waals surface area contributed by atoms with E-state index in [1.54, 1.807) is 12.1 Å². The number of nitrogens with one attached hydrogen (secondary N) is 1. The number of pyridine rings is 1. The van der Waals surface area contributed by atoms with Crippen LogP contribution in [0.3, 0.4) is 0 Å². The summed E-state index contributed by atoms with van der Waals surface area (Å²) in [4.78, 5) is 4.34. The number of nitrogens with zero attached hydrogens (tertiary/aromatic N) is 2. The zero-order valence-electron chi connectivity index (χ0n) is 11.5. The minimum absolute atomic E-state index is 0.145. The van der Waals surface area contributed by atoms with Gasteiger partial charge in [0.1, 0.15) is 17.5 Å². The number of aromatic nitrogens is 1. The molecule has 0 spiro atoms. The molecule has 0 aliphatic rings. The van der Waals surface area contributed by atoms with Crippen molar-refractivity contribution in [3.05, 3.63) is 48.2 Å². The lowest BCUT2D eigenvalue weighted by atomic mass is 10.2. The van der Waals surface area contributed by atoms with E-state index in [1.165, 1.54) is 0 Å². The normalized spacial score (nSPS) is 10.3. The highest BCUT2D eigenvalue weighted by Gasteiger charge is 2.16. The fourth-order valence-electron chi connectivity index (χ4n) is 2.05.